The maximum absolute atomic E-state index is 11.9. The van der Waals surface area contributed by atoms with Crippen LogP contribution in [0.2, 0.25) is 5.02 Å². The zero-order valence-corrected chi connectivity index (χ0v) is 15.2. The maximum Gasteiger partial charge on any atom is 0.221 e. The summed E-state index contributed by atoms with van der Waals surface area (Å²) in [4.78, 5) is 13.0. The lowest BCUT2D eigenvalue weighted by Crippen LogP contribution is -2.23. The lowest BCUT2D eigenvalue weighted by atomic mass is 10.2. The minimum Gasteiger partial charge on any atom is -0.493 e. The van der Waals surface area contributed by atoms with Crippen LogP contribution in [-0.4, -0.2) is 25.9 Å². The van der Waals surface area contributed by atoms with Crippen LogP contribution in [0.25, 0.3) is 0 Å². The van der Waals surface area contributed by atoms with Crippen molar-refractivity contribution in [3.63, 3.8) is 0 Å². The summed E-state index contributed by atoms with van der Waals surface area (Å²) in [5, 5.41) is 3.63. The molecule has 2 rings (SSSR count). The molecule has 0 atom stereocenters. The molecule has 24 heavy (non-hydrogen) atoms. The molecule has 0 bridgehead atoms. The van der Waals surface area contributed by atoms with E-state index in [0.29, 0.717) is 29.5 Å². The Hall–Kier alpha value is -1.85. The Morgan fingerprint density at radius 2 is 1.79 bits per heavy atom. The Bertz CT molecular complexity index is 676. The predicted molar refractivity (Wildman–Crippen MR) is 98.2 cm³/mol. The number of carbonyl (C=O) groups is 1. The van der Waals surface area contributed by atoms with E-state index in [4.69, 9.17) is 21.1 Å². The second kappa shape index (κ2) is 9.45. The van der Waals surface area contributed by atoms with Crippen molar-refractivity contribution in [1.29, 1.82) is 0 Å². The first-order valence-corrected chi connectivity index (χ1v) is 8.84. The number of methoxy groups -OCH3 is 2. The molecule has 1 amide bonds. The zero-order valence-electron chi connectivity index (χ0n) is 13.7. The van der Waals surface area contributed by atoms with Crippen molar-refractivity contribution in [2.24, 2.45) is 0 Å². The summed E-state index contributed by atoms with van der Waals surface area (Å²) in [7, 11) is 3.19. The number of carbonyl (C=O) groups excluding carboxylic acids is 1. The molecule has 0 spiro atoms. The highest BCUT2D eigenvalue weighted by Crippen LogP contribution is 2.27. The fourth-order valence-corrected chi connectivity index (χ4v) is 3.05. The average molecular weight is 366 g/mol. The third kappa shape index (κ3) is 5.65. The Balaban J connectivity index is 1.75. The van der Waals surface area contributed by atoms with Crippen molar-refractivity contribution >= 4 is 29.3 Å². The van der Waals surface area contributed by atoms with E-state index >= 15 is 0 Å². The summed E-state index contributed by atoms with van der Waals surface area (Å²) in [6.07, 6.45) is 0.459. The molecular formula is C18H20ClNO3S. The van der Waals surface area contributed by atoms with Crippen LogP contribution in [0.4, 0.5) is 0 Å². The topological polar surface area (TPSA) is 47.6 Å². The largest absolute Gasteiger partial charge is 0.493 e. The molecule has 2 aromatic carbocycles. The highest BCUT2D eigenvalue weighted by molar-refractivity contribution is 7.99. The van der Waals surface area contributed by atoms with Gasteiger partial charge in [0.1, 0.15) is 0 Å². The summed E-state index contributed by atoms with van der Waals surface area (Å²) in [5.41, 5.74) is 0.964. The van der Waals surface area contributed by atoms with Crippen LogP contribution in [0.15, 0.2) is 47.4 Å². The fraction of sp³-hybridized carbons (Fsp3) is 0.278. The van der Waals surface area contributed by atoms with Crippen molar-refractivity contribution in [2.45, 2.75) is 17.9 Å². The molecular weight excluding hydrogens is 346 g/mol. The molecule has 0 aliphatic carbocycles. The van der Waals surface area contributed by atoms with E-state index in [1.165, 1.54) is 0 Å². The van der Waals surface area contributed by atoms with E-state index in [1.54, 1.807) is 26.0 Å². The third-order valence-electron chi connectivity index (χ3n) is 3.35. The van der Waals surface area contributed by atoms with Crippen molar-refractivity contribution < 1.29 is 14.3 Å². The molecule has 0 saturated heterocycles. The number of amides is 1. The van der Waals surface area contributed by atoms with Gasteiger partial charge in [-0.15, -0.1) is 11.8 Å². The smallest absolute Gasteiger partial charge is 0.221 e. The molecule has 0 fully saturated rings. The average Bonchev–Trinajstić information content (AvgIpc) is 2.61. The second-order valence-corrected chi connectivity index (χ2v) is 6.62. The van der Waals surface area contributed by atoms with Crippen LogP contribution in [0.3, 0.4) is 0 Å². The van der Waals surface area contributed by atoms with E-state index in [9.17, 15) is 4.79 Å². The summed E-state index contributed by atoms with van der Waals surface area (Å²) in [6, 6.07) is 13.2. The number of nitrogens with one attached hydrogen (secondary N) is 1. The monoisotopic (exact) mass is 365 g/mol. The number of rotatable bonds is 8. The van der Waals surface area contributed by atoms with Gasteiger partial charge < -0.3 is 14.8 Å². The molecule has 6 heteroatoms. The van der Waals surface area contributed by atoms with Crippen LogP contribution < -0.4 is 14.8 Å². The highest BCUT2D eigenvalue weighted by Gasteiger charge is 2.06. The van der Waals surface area contributed by atoms with E-state index in [1.807, 2.05) is 42.5 Å². The predicted octanol–water partition coefficient (Wildman–Crippen LogP) is 4.16. The molecule has 0 saturated carbocycles. The van der Waals surface area contributed by atoms with Gasteiger partial charge in [0, 0.05) is 28.6 Å². The third-order valence-corrected chi connectivity index (χ3v) is 4.61. The van der Waals surface area contributed by atoms with Gasteiger partial charge in [-0.05, 0) is 42.0 Å². The van der Waals surface area contributed by atoms with Gasteiger partial charge in [0.05, 0.1) is 14.2 Å². The van der Waals surface area contributed by atoms with Crippen molar-refractivity contribution in [3.05, 3.63) is 53.1 Å². The lowest BCUT2D eigenvalue weighted by molar-refractivity contribution is -0.120. The Morgan fingerprint density at radius 1 is 1.08 bits per heavy atom. The summed E-state index contributed by atoms with van der Waals surface area (Å²) >= 11 is 7.48. The molecule has 0 aliphatic heterocycles. The van der Waals surface area contributed by atoms with Gasteiger partial charge >= 0.3 is 0 Å². The van der Waals surface area contributed by atoms with E-state index < -0.39 is 0 Å². The van der Waals surface area contributed by atoms with Gasteiger partial charge in [-0.2, -0.15) is 0 Å². The highest BCUT2D eigenvalue weighted by atomic mass is 35.5. The fourth-order valence-electron chi connectivity index (χ4n) is 2.07. The van der Waals surface area contributed by atoms with E-state index in [0.717, 1.165) is 16.2 Å². The molecule has 0 radical (unpaired) electrons. The van der Waals surface area contributed by atoms with Crippen LogP contribution in [0.1, 0.15) is 12.0 Å². The summed E-state index contributed by atoms with van der Waals surface area (Å²) in [5.74, 6) is 2.07. The first kappa shape index (κ1) is 18.5. The summed E-state index contributed by atoms with van der Waals surface area (Å²) in [6.45, 7) is 0.463. The molecule has 1 N–H and O–H groups in total. The Labute approximate surface area is 151 Å². The number of thioether (sulfide) groups is 1. The normalized spacial score (nSPS) is 10.3. The zero-order chi connectivity index (χ0) is 17.4. The van der Waals surface area contributed by atoms with Gasteiger partial charge in [0.2, 0.25) is 5.91 Å². The standard InChI is InChI=1S/C18H20ClNO3S/c1-22-16-8-3-13(11-17(16)23-2)12-20-18(21)9-10-24-15-6-4-14(19)5-7-15/h3-8,11H,9-10,12H2,1-2H3,(H,20,21). The Morgan fingerprint density at radius 3 is 2.46 bits per heavy atom. The van der Waals surface area contributed by atoms with Gasteiger partial charge in [0.15, 0.2) is 11.5 Å². The van der Waals surface area contributed by atoms with E-state index in [2.05, 4.69) is 5.32 Å². The second-order valence-electron chi connectivity index (χ2n) is 5.02. The number of benzene rings is 2. The quantitative estimate of drug-likeness (QED) is 0.714. The van der Waals surface area contributed by atoms with Crippen LogP contribution >= 0.6 is 23.4 Å². The molecule has 0 heterocycles. The Kier molecular flexibility index (Phi) is 7.28. The van der Waals surface area contributed by atoms with Crippen molar-refractivity contribution in [1.82, 2.24) is 5.32 Å². The number of halogens is 1. The van der Waals surface area contributed by atoms with Crippen molar-refractivity contribution in [2.75, 3.05) is 20.0 Å². The molecule has 0 aromatic heterocycles. The van der Waals surface area contributed by atoms with Gasteiger partial charge in [-0.1, -0.05) is 17.7 Å². The molecule has 0 unspecified atom stereocenters. The molecule has 4 nitrogen and oxygen atoms in total. The molecule has 0 aliphatic rings. The first-order chi connectivity index (χ1) is 11.6. The number of ether oxygens (including phenoxy) is 2. The minimum atomic E-state index is 0.0197. The van der Waals surface area contributed by atoms with Crippen LogP contribution in [0.5, 0.6) is 11.5 Å². The van der Waals surface area contributed by atoms with Crippen molar-refractivity contribution in [3.8, 4) is 11.5 Å². The first-order valence-electron chi connectivity index (χ1n) is 7.48. The molecule has 2 aromatic rings. The van der Waals surface area contributed by atoms with Gasteiger partial charge in [-0.25, -0.2) is 0 Å². The number of hydrogen-bond acceptors (Lipinski definition) is 4. The maximum atomic E-state index is 11.9. The SMILES string of the molecule is COc1ccc(CNC(=O)CCSc2ccc(Cl)cc2)cc1OC. The van der Waals surface area contributed by atoms with Gasteiger partial charge in [-0.3, -0.25) is 4.79 Å². The van der Waals surface area contributed by atoms with Crippen LogP contribution in [-0.2, 0) is 11.3 Å². The van der Waals surface area contributed by atoms with Crippen LogP contribution in [0, 0.1) is 0 Å². The van der Waals surface area contributed by atoms with E-state index in [-0.39, 0.29) is 5.91 Å². The number of hydrogen-bond donors (Lipinski definition) is 1. The lowest BCUT2D eigenvalue weighted by Gasteiger charge is -2.10. The molecule has 128 valence electrons. The minimum absolute atomic E-state index is 0.0197. The van der Waals surface area contributed by atoms with Gasteiger partial charge in [0.25, 0.3) is 0 Å². The summed E-state index contributed by atoms with van der Waals surface area (Å²) < 4.78 is 10.5.